The fraction of sp³-hybridized carbons (Fsp3) is 0.273. The molecular weight excluding hydrogens is 261 g/mol. The summed E-state index contributed by atoms with van der Waals surface area (Å²) in [6, 6.07) is 3.09. The van der Waals surface area contributed by atoms with Crippen LogP contribution in [0.1, 0.15) is 12.5 Å². The van der Waals surface area contributed by atoms with Gasteiger partial charge >= 0.3 is 0 Å². The summed E-state index contributed by atoms with van der Waals surface area (Å²) in [7, 11) is 0. The van der Waals surface area contributed by atoms with E-state index in [0.29, 0.717) is 17.5 Å². The number of halogens is 2. The molecule has 0 unspecified atom stereocenters. The Kier molecular flexibility index (Phi) is 3.07. The van der Waals surface area contributed by atoms with Gasteiger partial charge in [0.15, 0.2) is 5.58 Å². The highest BCUT2D eigenvalue weighted by Gasteiger charge is 2.12. The third kappa shape index (κ3) is 1.92. The fourth-order valence-corrected chi connectivity index (χ4v) is 1.95. The molecule has 1 heterocycles. The maximum atomic E-state index is 13.6. The molecule has 0 fully saturated rings. The van der Waals surface area contributed by atoms with E-state index < -0.39 is 0 Å². The molecule has 0 amide bonds. The van der Waals surface area contributed by atoms with Gasteiger partial charge in [-0.25, -0.2) is 4.39 Å². The van der Waals surface area contributed by atoms with Crippen LogP contribution in [0.5, 0.6) is 0 Å². The Balaban J connectivity index is 2.53. The normalized spacial score (nSPS) is 11.1. The second-order valence-corrected chi connectivity index (χ2v) is 4.13. The molecule has 0 bridgehead atoms. The van der Waals surface area contributed by atoms with E-state index in [-0.39, 0.29) is 5.82 Å². The first-order valence-corrected chi connectivity index (χ1v) is 5.58. The summed E-state index contributed by atoms with van der Waals surface area (Å²) < 4.78 is 19.7. The molecule has 1 N–H and O–H groups in total. The Hall–Kier alpha value is -0.870. The minimum Gasteiger partial charge on any atom is -0.463 e. The molecule has 2 nitrogen and oxygen atoms in total. The van der Waals surface area contributed by atoms with Crippen molar-refractivity contribution in [3.05, 3.63) is 34.2 Å². The van der Waals surface area contributed by atoms with E-state index in [1.807, 2.05) is 6.92 Å². The fourth-order valence-electron chi connectivity index (χ4n) is 1.53. The number of nitrogens with one attached hydrogen (secondary N) is 1. The van der Waals surface area contributed by atoms with Gasteiger partial charge in [-0.15, -0.1) is 0 Å². The van der Waals surface area contributed by atoms with Crippen LogP contribution in [0.25, 0.3) is 11.0 Å². The summed E-state index contributed by atoms with van der Waals surface area (Å²) >= 11 is 3.33. The first-order chi connectivity index (χ1) is 7.24. The molecule has 0 aliphatic heterocycles. The molecule has 0 aliphatic carbocycles. The zero-order chi connectivity index (χ0) is 10.8. The van der Waals surface area contributed by atoms with Crippen molar-refractivity contribution < 1.29 is 8.81 Å². The lowest BCUT2D eigenvalue weighted by atomic mass is 10.1. The summed E-state index contributed by atoms with van der Waals surface area (Å²) in [4.78, 5) is 0. The summed E-state index contributed by atoms with van der Waals surface area (Å²) in [5, 5.41) is 3.71. The van der Waals surface area contributed by atoms with Gasteiger partial charge in [0, 0.05) is 12.1 Å². The van der Waals surface area contributed by atoms with Crippen LogP contribution in [-0.2, 0) is 6.54 Å². The molecule has 0 radical (unpaired) electrons. The quantitative estimate of drug-likeness (QED) is 0.925. The maximum Gasteiger partial charge on any atom is 0.151 e. The van der Waals surface area contributed by atoms with Crippen molar-refractivity contribution in [2.24, 2.45) is 0 Å². The maximum absolute atomic E-state index is 13.6. The lowest BCUT2D eigenvalue weighted by Crippen LogP contribution is -2.11. The van der Waals surface area contributed by atoms with Crippen LogP contribution in [0, 0.1) is 5.82 Å². The minimum atomic E-state index is -0.241. The van der Waals surface area contributed by atoms with Crippen molar-refractivity contribution >= 4 is 26.9 Å². The minimum absolute atomic E-state index is 0.241. The van der Waals surface area contributed by atoms with Crippen molar-refractivity contribution in [3.63, 3.8) is 0 Å². The van der Waals surface area contributed by atoms with Crippen LogP contribution in [0.3, 0.4) is 0 Å². The third-order valence-electron chi connectivity index (χ3n) is 2.26. The van der Waals surface area contributed by atoms with Crippen molar-refractivity contribution in [3.8, 4) is 0 Å². The van der Waals surface area contributed by atoms with Crippen molar-refractivity contribution in [2.45, 2.75) is 13.5 Å². The number of benzene rings is 1. The van der Waals surface area contributed by atoms with E-state index in [1.54, 1.807) is 12.3 Å². The number of rotatable bonds is 3. The summed E-state index contributed by atoms with van der Waals surface area (Å²) in [6.45, 7) is 3.48. The van der Waals surface area contributed by atoms with Gasteiger partial charge < -0.3 is 9.73 Å². The Morgan fingerprint density at radius 2 is 2.27 bits per heavy atom. The molecule has 2 aromatic rings. The molecule has 0 aliphatic rings. The van der Waals surface area contributed by atoms with Crippen LogP contribution in [-0.4, -0.2) is 6.54 Å². The lowest BCUT2D eigenvalue weighted by Gasteiger charge is -2.00. The van der Waals surface area contributed by atoms with Crippen LogP contribution < -0.4 is 5.32 Å². The average Bonchev–Trinajstić information content (AvgIpc) is 2.65. The smallest absolute Gasteiger partial charge is 0.151 e. The molecule has 4 heteroatoms. The third-order valence-corrected chi connectivity index (χ3v) is 2.89. The molecule has 80 valence electrons. The zero-order valence-corrected chi connectivity index (χ0v) is 9.90. The summed E-state index contributed by atoms with van der Waals surface area (Å²) in [5.41, 5.74) is 1.42. The van der Waals surface area contributed by atoms with E-state index in [0.717, 1.165) is 16.6 Å². The molecule has 1 aromatic carbocycles. The highest BCUT2D eigenvalue weighted by molar-refractivity contribution is 9.10. The van der Waals surface area contributed by atoms with Crippen molar-refractivity contribution in [1.82, 2.24) is 5.32 Å². The predicted octanol–water partition coefficient (Wildman–Crippen LogP) is 3.44. The molecule has 0 spiro atoms. The highest BCUT2D eigenvalue weighted by atomic mass is 79.9. The highest BCUT2D eigenvalue weighted by Crippen LogP contribution is 2.30. The van der Waals surface area contributed by atoms with E-state index in [9.17, 15) is 4.39 Å². The number of hydrogen-bond acceptors (Lipinski definition) is 2. The zero-order valence-electron chi connectivity index (χ0n) is 8.31. The Bertz CT molecular complexity index is 481. The van der Waals surface area contributed by atoms with Crippen LogP contribution in [0.15, 0.2) is 27.3 Å². The molecule has 0 saturated heterocycles. The first kappa shape index (κ1) is 10.6. The van der Waals surface area contributed by atoms with Crippen LogP contribution >= 0.6 is 15.9 Å². The Morgan fingerprint density at radius 1 is 1.47 bits per heavy atom. The standard InChI is InChI=1S/C11H11BrFNO/c1-2-14-5-7-6-15-11-8(12)3-4-9(13)10(7)11/h3-4,6,14H,2,5H2,1H3. The predicted molar refractivity (Wildman–Crippen MR) is 61.3 cm³/mol. The van der Waals surface area contributed by atoms with Gasteiger partial charge in [0.25, 0.3) is 0 Å². The van der Waals surface area contributed by atoms with Gasteiger partial charge in [0.1, 0.15) is 5.82 Å². The van der Waals surface area contributed by atoms with E-state index >= 15 is 0 Å². The number of hydrogen-bond donors (Lipinski definition) is 1. The Labute approximate surface area is 95.6 Å². The molecule has 0 saturated carbocycles. The topological polar surface area (TPSA) is 25.2 Å². The molecule has 1 aromatic heterocycles. The van der Waals surface area contributed by atoms with Gasteiger partial charge in [-0.1, -0.05) is 6.92 Å². The van der Waals surface area contributed by atoms with Gasteiger partial charge in [0.2, 0.25) is 0 Å². The van der Waals surface area contributed by atoms with E-state index in [1.165, 1.54) is 6.07 Å². The van der Waals surface area contributed by atoms with Crippen molar-refractivity contribution in [2.75, 3.05) is 6.54 Å². The number of furan rings is 1. The SMILES string of the molecule is CCNCc1coc2c(Br)ccc(F)c12. The van der Waals surface area contributed by atoms with Gasteiger partial charge in [-0.2, -0.15) is 0 Å². The second-order valence-electron chi connectivity index (χ2n) is 3.27. The van der Waals surface area contributed by atoms with E-state index in [2.05, 4.69) is 21.2 Å². The van der Waals surface area contributed by atoms with Crippen molar-refractivity contribution in [1.29, 1.82) is 0 Å². The second kappa shape index (κ2) is 4.33. The summed E-state index contributed by atoms with van der Waals surface area (Å²) in [5.74, 6) is -0.241. The van der Waals surface area contributed by atoms with Gasteiger partial charge in [-0.05, 0) is 34.6 Å². The van der Waals surface area contributed by atoms with Gasteiger partial charge in [-0.3, -0.25) is 0 Å². The molecular formula is C11H11BrFNO. The molecule has 15 heavy (non-hydrogen) atoms. The monoisotopic (exact) mass is 271 g/mol. The van der Waals surface area contributed by atoms with Crippen LogP contribution in [0.4, 0.5) is 4.39 Å². The number of fused-ring (bicyclic) bond motifs is 1. The summed E-state index contributed by atoms with van der Waals surface area (Å²) in [6.07, 6.45) is 1.60. The van der Waals surface area contributed by atoms with E-state index in [4.69, 9.17) is 4.42 Å². The lowest BCUT2D eigenvalue weighted by molar-refractivity contribution is 0.601. The van der Waals surface area contributed by atoms with Crippen LogP contribution in [0.2, 0.25) is 0 Å². The largest absolute Gasteiger partial charge is 0.463 e. The Morgan fingerprint density at radius 3 is 3.00 bits per heavy atom. The molecule has 0 atom stereocenters. The first-order valence-electron chi connectivity index (χ1n) is 4.78. The average molecular weight is 272 g/mol. The molecule has 2 rings (SSSR count). The van der Waals surface area contributed by atoms with Gasteiger partial charge in [0.05, 0.1) is 16.1 Å².